The van der Waals surface area contributed by atoms with Gasteiger partial charge in [0.1, 0.15) is 0 Å². The van der Waals surface area contributed by atoms with Crippen molar-refractivity contribution in [1.29, 1.82) is 0 Å². The minimum absolute atomic E-state index is 0.452. The molecule has 1 aromatic carbocycles. The van der Waals surface area contributed by atoms with Crippen LogP contribution in [0.5, 0.6) is 0 Å². The highest BCUT2D eigenvalue weighted by atomic mass is 16.6. The largest absolute Gasteiger partial charge is 0.264 e. The van der Waals surface area contributed by atoms with Crippen molar-refractivity contribution in [3.63, 3.8) is 0 Å². The molecule has 1 rings (SSSR count). The lowest BCUT2D eigenvalue weighted by Gasteiger charge is -2.04. The molecule has 0 amide bonds. The van der Waals surface area contributed by atoms with Crippen molar-refractivity contribution in [2.24, 2.45) is 5.18 Å². The van der Waals surface area contributed by atoms with Crippen LogP contribution in [0.25, 0.3) is 0 Å². The molecule has 5 heteroatoms. The second-order valence-electron chi connectivity index (χ2n) is 3.05. The van der Waals surface area contributed by atoms with Crippen LogP contribution in [0.2, 0.25) is 0 Å². The van der Waals surface area contributed by atoms with Crippen molar-refractivity contribution in [3.8, 4) is 0 Å². The Bertz CT molecular complexity index is 334. The van der Waals surface area contributed by atoms with Crippen LogP contribution in [0.15, 0.2) is 29.4 Å². The maximum Gasteiger partial charge on any atom is 0.233 e. The van der Waals surface area contributed by atoms with Crippen LogP contribution in [0.3, 0.4) is 0 Å². The fourth-order valence-electron chi connectivity index (χ4n) is 1.13. The Kier molecular flexibility index (Phi) is 3.28. The first-order valence-corrected chi connectivity index (χ1v) is 4.14. The summed E-state index contributed by atoms with van der Waals surface area (Å²) >= 11 is 0. The number of benzene rings is 1. The van der Waals surface area contributed by atoms with Crippen LogP contribution >= 0.6 is 0 Å². The van der Waals surface area contributed by atoms with Gasteiger partial charge in [0.05, 0.1) is 0 Å². The van der Waals surface area contributed by atoms with Crippen molar-refractivity contribution in [1.82, 2.24) is 0 Å². The van der Waals surface area contributed by atoms with E-state index in [1.165, 1.54) is 0 Å². The molecule has 1 atom stereocenters. The number of nitro groups is 1. The number of nitrogens with zero attached hydrogens (tertiary/aromatic N) is 2. The average molecular weight is 194 g/mol. The third kappa shape index (κ3) is 2.62. The molecule has 1 aromatic rings. The summed E-state index contributed by atoms with van der Waals surface area (Å²) in [7, 11) is 0. The standard InChI is InChI=1S/C9H10N2O3/c1-7-2-4-8(5-3-7)9(10-12)6-11(13)14/h2-5,9H,6H2,1H3. The summed E-state index contributed by atoms with van der Waals surface area (Å²) < 4.78 is 0. The molecular weight excluding hydrogens is 184 g/mol. The van der Waals surface area contributed by atoms with Crippen LogP contribution in [0.4, 0.5) is 0 Å². The van der Waals surface area contributed by atoms with E-state index in [2.05, 4.69) is 5.18 Å². The maximum absolute atomic E-state index is 10.4. The van der Waals surface area contributed by atoms with Crippen LogP contribution in [-0.2, 0) is 0 Å². The Hall–Kier alpha value is -1.78. The molecule has 0 aliphatic rings. The van der Waals surface area contributed by atoms with Gasteiger partial charge in [0, 0.05) is 4.92 Å². The lowest BCUT2D eigenvalue weighted by atomic mass is 10.1. The van der Waals surface area contributed by atoms with Gasteiger partial charge in [-0.1, -0.05) is 35.0 Å². The van der Waals surface area contributed by atoms with E-state index >= 15 is 0 Å². The Morgan fingerprint density at radius 1 is 1.43 bits per heavy atom. The second kappa shape index (κ2) is 4.45. The van der Waals surface area contributed by atoms with Crippen molar-refractivity contribution in [3.05, 3.63) is 50.4 Å². The molecule has 0 fully saturated rings. The molecule has 0 radical (unpaired) electrons. The van der Waals surface area contributed by atoms with Crippen LogP contribution in [0, 0.1) is 21.9 Å². The van der Waals surface area contributed by atoms with Gasteiger partial charge in [0.25, 0.3) is 0 Å². The summed E-state index contributed by atoms with van der Waals surface area (Å²) in [5.74, 6) is 0. The topological polar surface area (TPSA) is 72.6 Å². The van der Waals surface area contributed by atoms with Crippen molar-refractivity contribution >= 4 is 0 Å². The fourth-order valence-corrected chi connectivity index (χ4v) is 1.13. The Balaban J connectivity index is 2.84. The SMILES string of the molecule is Cc1ccc(C(C[N+](=O)[O-])N=O)cc1. The molecule has 0 aliphatic heterocycles. The van der Waals surface area contributed by atoms with E-state index in [0.717, 1.165) is 5.56 Å². The second-order valence-corrected chi connectivity index (χ2v) is 3.05. The minimum atomic E-state index is -0.884. The van der Waals surface area contributed by atoms with Crippen LogP contribution in [-0.4, -0.2) is 11.5 Å². The van der Waals surface area contributed by atoms with Gasteiger partial charge in [-0.3, -0.25) is 10.1 Å². The van der Waals surface area contributed by atoms with Gasteiger partial charge in [-0.15, -0.1) is 4.91 Å². The van der Waals surface area contributed by atoms with Gasteiger partial charge >= 0.3 is 0 Å². The highest BCUT2D eigenvalue weighted by molar-refractivity contribution is 5.24. The zero-order valence-electron chi connectivity index (χ0n) is 7.71. The minimum Gasteiger partial charge on any atom is -0.264 e. The monoisotopic (exact) mass is 194 g/mol. The smallest absolute Gasteiger partial charge is 0.233 e. The summed E-state index contributed by atoms with van der Waals surface area (Å²) in [5.41, 5.74) is 1.63. The Labute approximate surface area is 80.9 Å². The van der Waals surface area contributed by atoms with Crippen LogP contribution < -0.4 is 0 Å². The van der Waals surface area contributed by atoms with E-state index in [-0.39, 0.29) is 0 Å². The molecule has 0 heterocycles. The fraction of sp³-hybridized carbons (Fsp3) is 0.333. The summed E-state index contributed by atoms with van der Waals surface area (Å²) in [6, 6.07) is 6.09. The Morgan fingerprint density at radius 3 is 2.43 bits per heavy atom. The van der Waals surface area contributed by atoms with Gasteiger partial charge in [-0.05, 0) is 12.5 Å². The first-order chi connectivity index (χ1) is 6.63. The zero-order valence-corrected chi connectivity index (χ0v) is 7.71. The summed E-state index contributed by atoms with van der Waals surface area (Å²) in [6.45, 7) is 1.45. The third-order valence-electron chi connectivity index (χ3n) is 1.91. The van der Waals surface area contributed by atoms with E-state index in [4.69, 9.17) is 0 Å². The third-order valence-corrected chi connectivity index (χ3v) is 1.91. The molecular formula is C9H10N2O3. The first kappa shape index (κ1) is 10.3. The van der Waals surface area contributed by atoms with Gasteiger partial charge in [-0.2, -0.15) is 0 Å². The van der Waals surface area contributed by atoms with Gasteiger partial charge in [-0.25, -0.2) is 0 Å². The van der Waals surface area contributed by atoms with E-state index in [1.54, 1.807) is 24.3 Å². The molecule has 0 N–H and O–H groups in total. The van der Waals surface area contributed by atoms with E-state index in [1.807, 2.05) is 6.92 Å². The molecule has 0 spiro atoms. The zero-order chi connectivity index (χ0) is 10.6. The molecule has 0 saturated heterocycles. The molecule has 0 bridgehead atoms. The predicted octanol–water partition coefficient (Wildman–Crippen LogP) is 2.08. The summed E-state index contributed by atoms with van der Waals surface area (Å²) in [6.07, 6.45) is 0. The molecule has 14 heavy (non-hydrogen) atoms. The maximum atomic E-state index is 10.4. The van der Waals surface area contributed by atoms with Crippen molar-refractivity contribution in [2.45, 2.75) is 13.0 Å². The quantitative estimate of drug-likeness (QED) is 0.418. The molecule has 1 unspecified atom stereocenters. The van der Waals surface area contributed by atoms with E-state index < -0.39 is 17.5 Å². The van der Waals surface area contributed by atoms with Gasteiger partial charge < -0.3 is 0 Å². The van der Waals surface area contributed by atoms with Crippen molar-refractivity contribution in [2.75, 3.05) is 6.54 Å². The van der Waals surface area contributed by atoms with E-state index in [9.17, 15) is 15.0 Å². The summed E-state index contributed by atoms with van der Waals surface area (Å²) in [4.78, 5) is 20.1. The number of hydrogen-bond donors (Lipinski definition) is 0. The number of rotatable bonds is 4. The first-order valence-electron chi connectivity index (χ1n) is 4.14. The average Bonchev–Trinajstić information content (AvgIpc) is 2.15. The molecule has 0 saturated carbocycles. The molecule has 0 aliphatic carbocycles. The predicted molar refractivity (Wildman–Crippen MR) is 51.6 cm³/mol. The Morgan fingerprint density at radius 2 is 2.00 bits per heavy atom. The van der Waals surface area contributed by atoms with Crippen molar-refractivity contribution < 1.29 is 4.92 Å². The van der Waals surface area contributed by atoms with Gasteiger partial charge in [0.15, 0.2) is 6.04 Å². The van der Waals surface area contributed by atoms with Crippen LogP contribution in [0.1, 0.15) is 17.2 Å². The highest BCUT2D eigenvalue weighted by Crippen LogP contribution is 2.17. The molecule has 5 nitrogen and oxygen atoms in total. The van der Waals surface area contributed by atoms with Gasteiger partial charge in [0.2, 0.25) is 6.54 Å². The normalized spacial score (nSPS) is 12.1. The van der Waals surface area contributed by atoms with E-state index in [0.29, 0.717) is 5.56 Å². The highest BCUT2D eigenvalue weighted by Gasteiger charge is 2.17. The number of aryl methyl sites for hydroxylation is 1. The number of hydrogen-bond acceptors (Lipinski definition) is 4. The lowest BCUT2D eigenvalue weighted by molar-refractivity contribution is -0.483. The lowest BCUT2D eigenvalue weighted by Crippen LogP contribution is -2.10. The molecule has 0 aromatic heterocycles. The number of nitroso groups, excluding NO2 is 1. The molecule has 74 valence electrons. The summed E-state index contributed by atoms with van der Waals surface area (Å²) in [5, 5.41) is 13.0.